The molecule has 4 aromatic carbocycles. The molecule has 194 valence electrons. The third-order valence-electron chi connectivity index (χ3n) is 7.66. The van der Waals surface area contributed by atoms with E-state index in [4.69, 9.17) is 8.83 Å². The first kappa shape index (κ1) is 23.9. The topological polar surface area (TPSA) is 141 Å². The lowest BCUT2D eigenvalue weighted by atomic mass is 9.89. The van der Waals surface area contributed by atoms with Gasteiger partial charge in [0.25, 0.3) is 11.9 Å². The molecule has 0 amide bonds. The molecule has 0 radical (unpaired) electrons. The second-order valence-corrected chi connectivity index (χ2v) is 10.7. The third-order valence-corrected chi connectivity index (χ3v) is 7.66. The molecule has 6 aromatic rings. The smallest absolute Gasteiger partial charge is 0.294 e. The third kappa shape index (κ3) is 2.74. The van der Waals surface area contributed by atoms with Gasteiger partial charge in [0.05, 0.1) is 0 Å². The maximum atomic E-state index is 13.0. The van der Waals surface area contributed by atoms with Crippen LogP contribution >= 0.6 is 0 Å². The van der Waals surface area contributed by atoms with Crippen LogP contribution in [0.4, 0.5) is 0 Å². The van der Waals surface area contributed by atoms with Crippen molar-refractivity contribution in [1.82, 2.24) is 0 Å². The molecule has 0 spiro atoms. The van der Waals surface area contributed by atoms with Crippen LogP contribution in [0.15, 0.2) is 30.6 Å². The molecule has 4 N–H and O–H groups in total. The number of aryl methyl sites for hydroxylation is 2. The molecule has 38 heavy (non-hydrogen) atoms. The molecule has 2 aromatic heterocycles. The monoisotopic (exact) mass is 514 g/mol. The van der Waals surface area contributed by atoms with Crippen LogP contribution in [0.3, 0.4) is 0 Å². The fourth-order valence-corrected chi connectivity index (χ4v) is 6.15. The second-order valence-electron chi connectivity index (χ2n) is 10.7. The summed E-state index contributed by atoms with van der Waals surface area (Å²) < 4.78 is 11.6. The highest BCUT2D eigenvalue weighted by Gasteiger charge is 2.28. The highest BCUT2D eigenvalue weighted by molar-refractivity contribution is 6.17. The van der Waals surface area contributed by atoms with Crippen LogP contribution in [0.5, 0.6) is 23.4 Å². The minimum absolute atomic E-state index is 0.0102. The van der Waals surface area contributed by atoms with Gasteiger partial charge in [-0.1, -0.05) is 39.8 Å². The minimum atomic E-state index is -0.821. The molecular formula is C30H26O8. The first-order chi connectivity index (χ1) is 17.9. The average molecular weight is 515 g/mol. The Labute approximate surface area is 215 Å². The summed E-state index contributed by atoms with van der Waals surface area (Å²) >= 11 is 0. The van der Waals surface area contributed by atoms with Crippen LogP contribution in [0, 0.1) is 24.3 Å². The van der Waals surface area contributed by atoms with E-state index in [9.17, 15) is 30.0 Å². The van der Waals surface area contributed by atoms with E-state index < -0.39 is 28.5 Å². The standard InChI is InChI=1S/C30H26O8/c1-9(2)15-13-7-11(5)17(27-19(13)21(29(35)37-27)25(33)23(15)31)18-12(6)8-14-16(10(3)4)24(32)26(34)22-20(14)28(18)38-30(22)36/h7-10,31,33,35-36H,1-6H3. The molecule has 8 nitrogen and oxygen atoms in total. The van der Waals surface area contributed by atoms with Gasteiger partial charge in [-0.05, 0) is 47.6 Å². The highest BCUT2D eigenvalue weighted by atomic mass is 16.5. The summed E-state index contributed by atoms with van der Waals surface area (Å²) in [6.07, 6.45) is 0. The van der Waals surface area contributed by atoms with Crippen molar-refractivity contribution in [3.8, 4) is 23.4 Å². The second kappa shape index (κ2) is 7.54. The number of furan rings is 2. The lowest BCUT2D eigenvalue weighted by Crippen LogP contribution is -2.28. The molecule has 0 fully saturated rings. The Morgan fingerprint density at radius 3 is 1.55 bits per heavy atom. The maximum Gasteiger partial charge on any atom is 0.294 e. The molecule has 0 aliphatic rings. The van der Waals surface area contributed by atoms with Crippen LogP contribution < -0.4 is 10.9 Å². The van der Waals surface area contributed by atoms with Gasteiger partial charge in [0, 0.05) is 32.3 Å². The first-order valence-corrected chi connectivity index (χ1v) is 12.4. The van der Waals surface area contributed by atoms with E-state index >= 15 is 0 Å². The molecule has 2 heterocycles. The maximum absolute atomic E-state index is 13.0. The summed E-state index contributed by atoms with van der Waals surface area (Å²) in [4.78, 5) is 26.0. The zero-order valence-corrected chi connectivity index (χ0v) is 21.7. The molecule has 6 rings (SSSR count). The van der Waals surface area contributed by atoms with Gasteiger partial charge in [-0.2, -0.15) is 0 Å². The van der Waals surface area contributed by atoms with Gasteiger partial charge in [0.15, 0.2) is 11.5 Å². The largest absolute Gasteiger partial charge is 0.504 e. The van der Waals surface area contributed by atoms with Crippen molar-refractivity contribution in [2.45, 2.75) is 53.4 Å². The van der Waals surface area contributed by atoms with E-state index in [-0.39, 0.29) is 39.5 Å². The summed E-state index contributed by atoms with van der Waals surface area (Å²) in [5.41, 5.74) is 1.26. The van der Waals surface area contributed by atoms with Gasteiger partial charge in [-0.15, -0.1) is 0 Å². The summed E-state index contributed by atoms with van der Waals surface area (Å²) in [7, 11) is 0. The number of hydrogen-bond acceptors (Lipinski definition) is 8. The van der Waals surface area contributed by atoms with Gasteiger partial charge >= 0.3 is 0 Å². The van der Waals surface area contributed by atoms with E-state index in [1.54, 1.807) is 6.07 Å². The fraction of sp³-hybridized carbons (Fsp3) is 0.267. The van der Waals surface area contributed by atoms with Crippen molar-refractivity contribution in [1.29, 1.82) is 0 Å². The predicted molar refractivity (Wildman–Crippen MR) is 144 cm³/mol. The Kier molecular flexibility index (Phi) is 4.74. The average Bonchev–Trinajstić information content (AvgIpc) is 3.34. The van der Waals surface area contributed by atoms with Crippen LogP contribution in [0.25, 0.3) is 43.5 Å². The Morgan fingerprint density at radius 1 is 0.605 bits per heavy atom. The minimum Gasteiger partial charge on any atom is -0.504 e. The number of hydrogen-bond donors (Lipinski definition) is 4. The number of aromatic hydroxyl groups is 4. The number of rotatable bonds is 2. The van der Waals surface area contributed by atoms with Crippen LogP contribution in [0.2, 0.25) is 0 Å². The SMILES string of the molecule is Cc1cc2c(C(C)C)c(O)c(O)c3c(O)oc(c1=c1c(C)cc4c(C(C)C)c(=O)c(=O)c5c(O)oc1c45)c23. The van der Waals surface area contributed by atoms with E-state index in [0.717, 1.165) is 0 Å². The van der Waals surface area contributed by atoms with Gasteiger partial charge < -0.3 is 29.3 Å². The molecule has 0 atom stereocenters. The molecular weight excluding hydrogens is 488 g/mol. The van der Waals surface area contributed by atoms with Gasteiger partial charge in [0.2, 0.25) is 10.9 Å². The summed E-state index contributed by atoms with van der Waals surface area (Å²) in [6, 6.07) is 3.66. The number of phenols is 2. The van der Waals surface area contributed by atoms with Crippen LogP contribution in [-0.2, 0) is 0 Å². The van der Waals surface area contributed by atoms with E-state index in [0.29, 0.717) is 54.2 Å². The Bertz CT molecular complexity index is 2180. The van der Waals surface area contributed by atoms with Crippen LogP contribution in [0.1, 0.15) is 61.8 Å². The van der Waals surface area contributed by atoms with E-state index in [1.165, 1.54) is 0 Å². The Balaban J connectivity index is 2.01. The van der Waals surface area contributed by atoms with E-state index in [2.05, 4.69) is 0 Å². The lowest BCUT2D eigenvalue weighted by molar-refractivity contribution is 0.347. The zero-order valence-electron chi connectivity index (χ0n) is 21.7. The van der Waals surface area contributed by atoms with Crippen LogP contribution in [-0.4, -0.2) is 20.4 Å². The summed E-state index contributed by atoms with van der Waals surface area (Å²) in [6.45, 7) is 11.1. The number of benzene rings is 4. The highest BCUT2D eigenvalue weighted by Crippen LogP contribution is 2.51. The fourth-order valence-electron chi connectivity index (χ4n) is 6.15. The normalized spacial score (nSPS) is 13.5. The molecule has 0 saturated carbocycles. The lowest BCUT2D eigenvalue weighted by Gasteiger charge is -2.15. The van der Waals surface area contributed by atoms with Gasteiger partial charge in [-0.3, -0.25) is 9.59 Å². The number of phenolic OH excluding ortho intramolecular Hbond substituents is 2. The van der Waals surface area contributed by atoms with Crippen molar-refractivity contribution in [2.24, 2.45) is 0 Å². The summed E-state index contributed by atoms with van der Waals surface area (Å²) in [5.74, 6) is -2.37. The summed E-state index contributed by atoms with van der Waals surface area (Å²) in [5, 5.41) is 45.8. The molecule has 0 aliphatic carbocycles. The van der Waals surface area contributed by atoms with Gasteiger partial charge in [-0.25, -0.2) is 0 Å². The molecule has 0 bridgehead atoms. The van der Waals surface area contributed by atoms with Gasteiger partial charge in [0.1, 0.15) is 21.9 Å². The molecule has 8 heteroatoms. The quantitative estimate of drug-likeness (QED) is 0.162. The molecule has 0 unspecified atom stereocenters. The van der Waals surface area contributed by atoms with Crippen molar-refractivity contribution >= 4 is 43.5 Å². The van der Waals surface area contributed by atoms with Crippen molar-refractivity contribution in [3.63, 3.8) is 0 Å². The molecule has 0 saturated heterocycles. The van der Waals surface area contributed by atoms with Crippen molar-refractivity contribution in [2.75, 3.05) is 0 Å². The van der Waals surface area contributed by atoms with E-state index in [1.807, 2.05) is 47.6 Å². The Hall–Kier alpha value is -4.46. The first-order valence-electron chi connectivity index (χ1n) is 12.4. The predicted octanol–water partition coefficient (Wildman–Crippen LogP) is 6.05. The van der Waals surface area contributed by atoms with Crippen molar-refractivity contribution in [3.05, 3.63) is 65.3 Å². The zero-order chi connectivity index (χ0) is 27.5. The van der Waals surface area contributed by atoms with Crippen molar-refractivity contribution < 1.29 is 29.3 Å². The Morgan fingerprint density at radius 2 is 1.05 bits per heavy atom. The molecule has 0 aliphatic heterocycles.